The van der Waals surface area contributed by atoms with E-state index in [9.17, 15) is 4.39 Å². The molecule has 0 fully saturated rings. The topological polar surface area (TPSA) is 50.3 Å². The second kappa shape index (κ2) is 6.49. The van der Waals surface area contributed by atoms with E-state index in [4.69, 9.17) is 4.74 Å². The van der Waals surface area contributed by atoms with Gasteiger partial charge >= 0.3 is 0 Å². The standard InChI is InChI=1S/C12H21FN4O/c1-8(2)10(17(3)4)7-15-12-14-6-9(13)11(16-12)18-5/h6,8,10H,7H2,1-5H3,(H,14,15,16)/t10-/m0/s1. The van der Waals surface area contributed by atoms with Crippen molar-refractivity contribution < 1.29 is 9.13 Å². The van der Waals surface area contributed by atoms with Gasteiger partial charge in [-0.2, -0.15) is 9.37 Å². The van der Waals surface area contributed by atoms with Crippen molar-refractivity contribution in [3.8, 4) is 5.88 Å². The van der Waals surface area contributed by atoms with Crippen molar-refractivity contribution in [2.24, 2.45) is 5.92 Å². The van der Waals surface area contributed by atoms with E-state index in [-0.39, 0.29) is 5.88 Å². The number of anilines is 1. The maximum atomic E-state index is 13.1. The van der Waals surface area contributed by atoms with Gasteiger partial charge in [-0.1, -0.05) is 13.8 Å². The summed E-state index contributed by atoms with van der Waals surface area (Å²) in [5.74, 6) is 0.269. The number of methoxy groups -OCH3 is 1. The minimum atomic E-state index is -0.559. The van der Waals surface area contributed by atoms with Crippen LogP contribution in [0.25, 0.3) is 0 Å². The Morgan fingerprint density at radius 3 is 2.61 bits per heavy atom. The molecule has 0 spiro atoms. The molecule has 0 aliphatic rings. The lowest BCUT2D eigenvalue weighted by Crippen LogP contribution is -2.38. The van der Waals surface area contributed by atoms with Crippen LogP contribution in [0.1, 0.15) is 13.8 Å². The highest BCUT2D eigenvalue weighted by molar-refractivity contribution is 5.28. The van der Waals surface area contributed by atoms with Crippen molar-refractivity contribution in [1.29, 1.82) is 0 Å². The number of rotatable bonds is 6. The average molecular weight is 256 g/mol. The quantitative estimate of drug-likeness (QED) is 0.838. The molecule has 1 atom stereocenters. The predicted molar refractivity (Wildman–Crippen MR) is 69.3 cm³/mol. The number of likely N-dealkylation sites (N-methyl/N-ethyl adjacent to an activating group) is 1. The molecular weight excluding hydrogens is 235 g/mol. The second-order valence-electron chi connectivity index (χ2n) is 4.71. The molecule has 0 aromatic carbocycles. The summed E-state index contributed by atoms with van der Waals surface area (Å²) in [7, 11) is 5.43. The predicted octanol–water partition coefficient (Wildman–Crippen LogP) is 1.62. The van der Waals surface area contributed by atoms with Crippen LogP contribution in [0, 0.1) is 11.7 Å². The molecule has 0 bridgehead atoms. The number of hydrogen-bond acceptors (Lipinski definition) is 5. The molecule has 0 amide bonds. The molecule has 102 valence electrons. The summed E-state index contributed by atoms with van der Waals surface area (Å²) in [4.78, 5) is 9.96. The van der Waals surface area contributed by atoms with Crippen LogP contribution >= 0.6 is 0 Å². The van der Waals surface area contributed by atoms with Gasteiger partial charge in [0.15, 0.2) is 0 Å². The first kappa shape index (κ1) is 14.6. The Kier molecular flexibility index (Phi) is 5.27. The Morgan fingerprint density at radius 1 is 1.44 bits per heavy atom. The van der Waals surface area contributed by atoms with Gasteiger partial charge < -0.3 is 15.0 Å². The molecule has 0 radical (unpaired) electrons. The summed E-state index contributed by atoms with van der Waals surface area (Å²) in [5.41, 5.74) is 0. The fourth-order valence-corrected chi connectivity index (χ4v) is 1.79. The third kappa shape index (κ3) is 3.80. The molecular formula is C12H21FN4O. The first-order valence-corrected chi connectivity index (χ1v) is 5.92. The average Bonchev–Trinajstić information content (AvgIpc) is 2.30. The fraction of sp³-hybridized carbons (Fsp3) is 0.667. The highest BCUT2D eigenvalue weighted by Crippen LogP contribution is 2.14. The summed E-state index contributed by atoms with van der Waals surface area (Å²) in [6, 6.07) is 0.352. The van der Waals surface area contributed by atoms with Crippen LogP contribution in [0.5, 0.6) is 5.88 Å². The number of ether oxygens (including phenoxy) is 1. The molecule has 0 aliphatic heterocycles. The molecule has 18 heavy (non-hydrogen) atoms. The molecule has 0 saturated carbocycles. The van der Waals surface area contributed by atoms with E-state index in [1.54, 1.807) is 0 Å². The van der Waals surface area contributed by atoms with Crippen molar-refractivity contribution in [1.82, 2.24) is 14.9 Å². The van der Waals surface area contributed by atoms with Crippen LogP contribution in [0.15, 0.2) is 6.20 Å². The lowest BCUT2D eigenvalue weighted by Gasteiger charge is -2.28. The Hall–Kier alpha value is -1.43. The van der Waals surface area contributed by atoms with E-state index in [1.165, 1.54) is 7.11 Å². The maximum absolute atomic E-state index is 13.1. The van der Waals surface area contributed by atoms with Gasteiger partial charge in [0.25, 0.3) is 5.88 Å². The van der Waals surface area contributed by atoms with Crippen molar-refractivity contribution in [2.75, 3.05) is 33.1 Å². The minimum absolute atomic E-state index is 0.0431. The minimum Gasteiger partial charge on any atom is -0.479 e. The number of halogens is 1. The molecule has 1 aromatic rings. The van der Waals surface area contributed by atoms with E-state index in [0.29, 0.717) is 24.5 Å². The molecule has 0 saturated heterocycles. The van der Waals surface area contributed by atoms with Gasteiger partial charge in [0.2, 0.25) is 11.8 Å². The van der Waals surface area contributed by atoms with Crippen molar-refractivity contribution in [2.45, 2.75) is 19.9 Å². The molecule has 1 rings (SSSR count). The molecule has 6 heteroatoms. The van der Waals surface area contributed by atoms with Gasteiger partial charge in [-0.25, -0.2) is 4.98 Å². The normalized spacial score (nSPS) is 12.9. The molecule has 0 aliphatic carbocycles. The SMILES string of the molecule is COc1nc(NC[C@@H](C(C)C)N(C)C)ncc1F. The first-order chi connectivity index (χ1) is 8.45. The third-order valence-electron chi connectivity index (χ3n) is 2.81. The summed E-state index contributed by atoms with van der Waals surface area (Å²) in [5, 5.41) is 3.10. The van der Waals surface area contributed by atoms with Gasteiger partial charge in [-0.3, -0.25) is 0 Å². The lowest BCUT2D eigenvalue weighted by atomic mass is 10.0. The largest absolute Gasteiger partial charge is 0.479 e. The van der Waals surface area contributed by atoms with Gasteiger partial charge in [0, 0.05) is 12.6 Å². The van der Waals surface area contributed by atoms with Gasteiger partial charge in [-0.15, -0.1) is 0 Å². The number of hydrogen-bond donors (Lipinski definition) is 1. The fourth-order valence-electron chi connectivity index (χ4n) is 1.79. The van der Waals surface area contributed by atoms with Gasteiger partial charge in [0.1, 0.15) is 0 Å². The highest BCUT2D eigenvalue weighted by Gasteiger charge is 2.16. The third-order valence-corrected chi connectivity index (χ3v) is 2.81. The van der Waals surface area contributed by atoms with E-state index >= 15 is 0 Å². The first-order valence-electron chi connectivity index (χ1n) is 5.92. The molecule has 1 heterocycles. The highest BCUT2D eigenvalue weighted by atomic mass is 19.1. The van der Waals surface area contributed by atoms with E-state index in [2.05, 4.69) is 34.0 Å². The van der Waals surface area contributed by atoms with Crippen LogP contribution in [0.3, 0.4) is 0 Å². The van der Waals surface area contributed by atoms with Crippen molar-refractivity contribution in [3.63, 3.8) is 0 Å². The van der Waals surface area contributed by atoms with Crippen LogP contribution < -0.4 is 10.1 Å². The second-order valence-corrected chi connectivity index (χ2v) is 4.71. The van der Waals surface area contributed by atoms with Crippen LogP contribution in [-0.2, 0) is 0 Å². The van der Waals surface area contributed by atoms with Crippen LogP contribution in [0.2, 0.25) is 0 Å². The maximum Gasteiger partial charge on any atom is 0.255 e. The van der Waals surface area contributed by atoms with Crippen LogP contribution in [-0.4, -0.2) is 48.7 Å². The molecule has 1 aromatic heterocycles. The smallest absolute Gasteiger partial charge is 0.255 e. The Morgan fingerprint density at radius 2 is 2.11 bits per heavy atom. The zero-order chi connectivity index (χ0) is 13.7. The summed E-state index contributed by atoms with van der Waals surface area (Å²) in [6.07, 6.45) is 1.11. The summed E-state index contributed by atoms with van der Waals surface area (Å²) < 4.78 is 18.0. The molecule has 0 unspecified atom stereocenters. The van der Waals surface area contributed by atoms with Gasteiger partial charge in [-0.05, 0) is 20.0 Å². The van der Waals surface area contributed by atoms with Crippen molar-refractivity contribution in [3.05, 3.63) is 12.0 Å². The van der Waals surface area contributed by atoms with E-state index in [1.807, 2.05) is 14.1 Å². The molecule has 5 nitrogen and oxygen atoms in total. The number of nitrogens with one attached hydrogen (secondary N) is 1. The van der Waals surface area contributed by atoms with Gasteiger partial charge in [0.05, 0.1) is 13.3 Å². The zero-order valence-corrected chi connectivity index (χ0v) is 11.6. The summed E-state index contributed by atoms with van der Waals surface area (Å²) >= 11 is 0. The number of nitrogens with zero attached hydrogens (tertiary/aromatic N) is 3. The lowest BCUT2D eigenvalue weighted by molar-refractivity contribution is 0.243. The Labute approximate surface area is 107 Å². The Balaban J connectivity index is 2.67. The zero-order valence-electron chi connectivity index (χ0n) is 11.6. The number of aromatic nitrogens is 2. The van der Waals surface area contributed by atoms with E-state index in [0.717, 1.165) is 6.20 Å². The Bertz CT molecular complexity index is 376. The monoisotopic (exact) mass is 256 g/mol. The van der Waals surface area contributed by atoms with Crippen LogP contribution in [0.4, 0.5) is 10.3 Å². The summed E-state index contributed by atoms with van der Waals surface area (Å²) in [6.45, 7) is 5.00. The molecule has 1 N–H and O–H groups in total. The van der Waals surface area contributed by atoms with Crippen molar-refractivity contribution >= 4 is 5.95 Å². The van der Waals surface area contributed by atoms with E-state index < -0.39 is 5.82 Å².